The first-order valence-electron chi connectivity index (χ1n) is 9.54. The van der Waals surface area contributed by atoms with Crippen molar-refractivity contribution < 1.29 is 14.0 Å². The van der Waals surface area contributed by atoms with Gasteiger partial charge >= 0.3 is 0 Å². The molecule has 0 radical (unpaired) electrons. The highest BCUT2D eigenvalue weighted by Gasteiger charge is 2.41. The van der Waals surface area contributed by atoms with Crippen LogP contribution >= 0.6 is 11.8 Å². The lowest BCUT2D eigenvalue weighted by Gasteiger charge is -2.29. The Kier molecular flexibility index (Phi) is 8.42. The molecule has 1 aromatic carbocycles. The molecule has 6 heteroatoms. The summed E-state index contributed by atoms with van der Waals surface area (Å²) in [6.07, 6.45) is 5.49. The van der Waals surface area contributed by atoms with Crippen LogP contribution in [-0.2, 0) is 9.59 Å². The summed E-state index contributed by atoms with van der Waals surface area (Å²) in [5.74, 6) is 0.0716. The zero-order chi connectivity index (χ0) is 18.9. The minimum atomic E-state index is -0.488. The molecule has 1 aromatic rings. The topological polar surface area (TPSA) is 49.4 Å². The van der Waals surface area contributed by atoms with E-state index in [1.54, 1.807) is 11.0 Å². The Morgan fingerprint density at radius 1 is 1.23 bits per heavy atom. The van der Waals surface area contributed by atoms with Gasteiger partial charge in [-0.3, -0.25) is 9.59 Å². The fourth-order valence-electron chi connectivity index (χ4n) is 3.15. The van der Waals surface area contributed by atoms with Crippen molar-refractivity contribution in [1.82, 2.24) is 10.2 Å². The van der Waals surface area contributed by atoms with Gasteiger partial charge in [0, 0.05) is 18.7 Å². The third-order valence-electron chi connectivity index (χ3n) is 4.52. The van der Waals surface area contributed by atoms with E-state index in [-0.39, 0.29) is 23.0 Å². The lowest BCUT2D eigenvalue weighted by Crippen LogP contribution is -2.48. The predicted molar refractivity (Wildman–Crippen MR) is 104 cm³/mol. The number of nitrogens with zero attached hydrogens (tertiary/aromatic N) is 1. The van der Waals surface area contributed by atoms with Crippen LogP contribution in [0.5, 0.6) is 0 Å². The molecular formula is C20H29FN2O2S. The quantitative estimate of drug-likeness (QED) is 0.651. The minimum Gasteiger partial charge on any atom is -0.354 e. The highest BCUT2D eigenvalue weighted by molar-refractivity contribution is 7.99. The third-order valence-corrected chi connectivity index (χ3v) is 5.84. The minimum absolute atomic E-state index is 0.0436. The Labute approximate surface area is 159 Å². The number of carbonyl (C=O) groups excluding carboxylic acids is 2. The number of rotatable bonds is 9. The van der Waals surface area contributed by atoms with Gasteiger partial charge < -0.3 is 10.2 Å². The van der Waals surface area contributed by atoms with Gasteiger partial charge in [0.25, 0.3) is 0 Å². The number of hydrogen-bond donors (Lipinski definition) is 1. The molecule has 2 atom stereocenters. The van der Waals surface area contributed by atoms with E-state index in [9.17, 15) is 14.0 Å². The fraction of sp³-hybridized carbons (Fsp3) is 0.600. The molecule has 144 valence electrons. The predicted octanol–water partition coefficient (Wildman–Crippen LogP) is 4.26. The first kappa shape index (κ1) is 20.7. The SMILES string of the molecule is CCCCCCNC(=O)[C@@H]1CS[C@@H](c2cccc(F)c2)N1C(=O)CCC. The van der Waals surface area contributed by atoms with Gasteiger partial charge in [0.1, 0.15) is 17.2 Å². The van der Waals surface area contributed by atoms with E-state index in [4.69, 9.17) is 0 Å². The second-order valence-corrected chi connectivity index (χ2v) is 7.77. The lowest BCUT2D eigenvalue weighted by atomic mass is 10.1. The summed E-state index contributed by atoms with van der Waals surface area (Å²) in [7, 11) is 0. The van der Waals surface area contributed by atoms with Crippen LogP contribution in [0.1, 0.15) is 63.3 Å². The van der Waals surface area contributed by atoms with Gasteiger partial charge in [-0.15, -0.1) is 11.8 Å². The summed E-state index contributed by atoms with van der Waals surface area (Å²) >= 11 is 1.53. The average Bonchev–Trinajstić information content (AvgIpc) is 3.07. The van der Waals surface area contributed by atoms with Crippen LogP contribution < -0.4 is 5.32 Å². The summed E-state index contributed by atoms with van der Waals surface area (Å²) < 4.78 is 13.6. The van der Waals surface area contributed by atoms with Gasteiger partial charge in [-0.25, -0.2) is 4.39 Å². The Morgan fingerprint density at radius 3 is 2.73 bits per heavy atom. The molecule has 1 saturated heterocycles. The highest BCUT2D eigenvalue weighted by atomic mass is 32.2. The van der Waals surface area contributed by atoms with Gasteiger partial charge in [0.15, 0.2) is 0 Å². The molecule has 1 fully saturated rings. The van der Waals surface area contributed by atoms with Crippen molar-refractivity contribution in [1.29, 1.82) is 0 Å². The lowest BCUT2D eigenvalue weighted by molar-refractivity contribution is -0.139. The van der Waals surface area contributed by atoms with Crippen molar-refractivity contribution in [3.05, 3.63) is 35.6 Å². The van der Waals surface area contributed by atoms with Crippen LogP contribution in [0.4, 0.5) is 4.39 Å². The summed E-state index contributed by atoms with van der Waals surface area (Å²) in [6, 6.07) is 5.82. The largest absolute Gasteiger partial charge is 0.354 e. The molecule has 2 rings (SSSR count). The molecule has 0 bridgehead atoms. The number of nitrogens with one attached hydrogen (secondary N) is 1. The number of carbonyl (C=O) groups is 2. The van der Waals surface area contributed by atoms with Crippen LogP contribution in [0, 0.1) is 5.82 Å². The van der Waals surface area contributed by atoms with Crippen molar-refractivity contribution in [3.63, 3.8) is 0 Å². The number of hydrogen-bond acceptors (Lipinski definition) is 3. The Hall–Kier alpha value is -1.56. The summed E-state index contributed by atoms with van der Waals surface area (Å²) in [5.41, 5.74) is 0.734. The van der Waals surface area contributed by atoms with Crippen molar-refractivity contribution in [2.45, 2.75) is 63.8 Å². The molecule has 0 aliphatic carbocycles. The van der Waals surface area contributed by atoms with E-state index < -0.39 is 6.04 Å². The molecule has 0 saturated carbocycles. The molecule has 0 spiro atoms. The van der Waals surface area contributed by atoms with E-state index in [0.29, 0.717) is 18.7 Å². The molecule has 1 aliphatic heterocycles. The van der Waals surface area contributed by atoms with Crippen LogP contribution in [0.15, 0.2) is 24.3 Å². The molecule has 0 aromatic heterocycles. The third kappa shape index (κ3) is 5.47. The highest BCUT2D eigenvalue weighted by Crippen LogP contribution is 2.42. The number of thioether (sulfide) groups is 1. The van der Waals surface area contributed by atoms with E-state index in [1.807, 2.05) is 13.0 Å². The zero-order valence-electron chi connectivity index (χ0n) is 15.7. The van der Waals surface area contributed by atoms with Crippen LogP contribution in [-0.4, -0.2) is 35.1 Å². The number of unbranched alkanes of at least 4 members (excludes halogenated alkanes) is 3. The van der Waals surface area contributed by atoms with Crippen LogP contribution in [0.25, 0.3) is 0 Å². The molecule has 4 nitrogen and oxygen atoms in total. The van der Waals surface area contributed by atoms with Crippen molar-refractivity contribution >= 4 is 23.6 Å². The standard InChI is InChI=1S/C20H29FN2O2S/c1-3-5-6-7-12-22-19(25)17-14-26-20(23(17)18(24)9-4-2)15-10-8-11-16(21)13-15/h8,10-11,13,17,20H,3-7,9,12,14H2,1-2H3,(H,22,25)/t17-,20-/m0/s1. The molecular weight excluding hydrogens is 351 g/mol. The van der Waals surface area contributed by atoms with Gasteiger partial charge in [-0.1, -0.05) is 45.2 Å². The maximum atomic E-state index is 13.6. The molecule has 26 heavy (non-hydrogen) atoms. The van der Waals surface area contributed by atoms with Crippen LogP contribution in [0.2, 0.25) is 0 Å². The molecule has 2 amide bonds. The first-order valence-corrected chi connectivity index (χ1v) is 10.6. The Bertz CT molecular complexity index is 611. The first-order chi connectivity index (χ1) is 12.6. The Balaban J connectivity index is 2.07. The average molecular weight is 381 g/mol. The molecule has 0 unspecified atom stereocenters. The zero-order valence-corrected chi connectivity index (χ0v) is 16.5. The summed E-state index contributed by atoms with van der Waals surface area (Å²) in [4.78, 5) is 27.0. The second kappa shape index (κ2) is 10.6. The van der Waals surface area contributed by atoms with E-state index >= 15 is 0 Å². The molecule has 1 N–H and O–H groups in total. The van der Waals surface area contributed by atoms with Gasteiger partial charge in [-0.2, -0.15) is 0 Å². The van der Waals surface area contributed by atoms with Crippen molar-refractivity contribution in [2.75, 3.05) is 12.3 Å². The Morgan fingerprint density at radius 2 is 2.04 bits per heavy atom. The number of halogens is 1. The van der Waals surface area contributed by atoms with E-state index in [0.717, 1.165) is 37.7 Å². The molecule has 1 aliphatic rings. The number of benzene rings is 1. The normalized spacial score (nSPS) is 19.6. The fourth-order valence-corrected chi connectivity index (χ4v) is 4.59. The van der Waals surface area contributed by atoms with Crippen LogP contribution in [0.3, 0.4) is 0 Å². The smallest absolute Gasteiger partial charge is 0.243 e. The maximum absolute atomic E-state index is 13.6. The van der Waals surface area contributed by atoms with E-state index in [2.05, 4.69) is 12.2 Å². The van der Waals surface area contributed by atoms with Crippen molar-refractivity contribution in [2.24, 2.45) is 0 Å². The van der Waals surface area contributed by atoms with E-state index in [1.165, 1.54) is 23.9 Å². The van der Waals surface area contributed by atoms with Crippen molar-refractivity contribution in [3.8, 4) is 0 Å². The van der Waals surface area contributed by atoms with Gasteiger partial charge in [0.2, 0.25) is 11.8 Å². The monoisotopic (exact) mass is 380 g/mol. The van der Waals surface area contributed by atoms with Gasteiger partial charge in [-0.05, 0) is 30.5 Å². The summed E-state index contributed by atoms with van der Waals surface area (Å²) in [6.45, 7) is 4.74. The second-order valence-electron chi connectivity index (χ2n) is 6.66. The number of amides is 2. The summed E-state index contributed by atoms with van der Waals surface area (Å²) in [5, 5.41) is 2.67. The van der Waals surface area contributed by atoms with Gasteiger partial charge in [0.05, 0.1) is 0 Å². The molecule has 1 heterocycles. The maximum Gasteiger partial charge on any atom is 0.243 e.